The van der Waals surface area contributed by atoms with Crippen LogP contribution in [-0.4, -0.2) is 15.0 Å². The van der Waals surface area contributed by atoms with Gasteiger partial charge in [-0.25, -0.2) is 0 Å². The highest BCUT2D eigenvalue weighted by atomic mass is 32.2. The van der Waals surface area contributed by atoms with Crippen molar-refractivity contribution in [2.75, 3.05) is 6.54 Å². The first-order valence-corrected chi connectivity index (χ1v) is 7.91. The van der Waals surface area contributed by atoms with Gasteiger partial charge in [-0.1, -0.05) is 44.9 Å². The molecule has 108 valence electrons. The first kappa shape index (κ1) is 16.1. The highest BCUT2D eigenvalue weighted by molar-refractivity contribution is 7.86. The Labute approximate surface area is 116 Å². The quantitative estimate of drug-likeness (QED) is 0.782. The van der Waals surface area contributed by atoms with Crippen molar-refractivity contribution in [1.29, 1.82) is 0 Å². The van der Waals surface area contributed by atoms with Crippen molar-refractivity contribution in [1.82, 2.24) is 5.48 Å². The molecule has 0 amide bonds. The van der Waals surface area contributed by atoms with Crippen LogP contribution in [-0.2, 0) is 14.4 Å². The summed E-state index contributed by atoms with van der Waals surface area (Å²) in [6.45, 7) is 8.65. The van der Waals surface area contributed by atoms with Crippen LogP contribution >= 0.6 is 0 Å². The van der Waals surface area contributed by atoms with Gasteiger partial charge in [-0.15, -0.1) is 0 Å². The van der Waals surface area contributed by atoms with E-state index in [2.05, 4.69) is 26.3 Å². The van der Waals surface area contributed by atoms with E-state index in [9.17, 15) is 8.42 Å². The summed E-state index contributed by atoms with van der Waals surface area (Å²) in [5.41, 5.74) is 3.60. The monoisotopic (exact) mass is 285 g/mol. The molecule has 1 N–H and O–H groups in total. The minimum atomic E-state index is -3.73. The van der Waals surface area contributed by atoms with Crippen LogP contribution in [0.15, 0.2) is 29.2 Å². The molecule has 0 unspecified atom stereocenters. The summed E-state index contributed by atoms with van der Waals surface area (Å²) in [5.74, 6) is 0. The van der Waals surface area contributed by atoms with Gasteiger partial charge in [0.2, 0.25) is 0 Å². The number of benzene rings is 1. The van der Waals surface area contributed by atoms with Crippen LogP contribution in [0.4, 0.5) is 0 Å². The molecule has 0 radical (unpaired) electrons. The van der Waals surface area contributed by atoms with Crippen LogP contribution < -0.4 is 5.48 Å². The smallest absolute Gasteiger partial charge is 0.192 e. The van der Waals surface area contributed by atoms with Crippen LogP contribution in [0.3, 0.4) is 0 Å². The third-order valence-corrected chi connectivity index (χ3v) is 4.14. The van der Waals surface area contributed by atoms with E-state index < -0.39 is 10.1 Å². The molecule has 0 atom stereocenters. The molecule has 0 fully saturated rings. The third kappa shape index (κ3) is 5.30. The maximum atomic E-state index is 11.9. The SMILES string of the molecule is CCCC(C)(C)CNOS(=O)(=O)c1ccc(C)cc1. The number of hydrogen-bond donors (Lipinski definition) is 1. The molecule has 1 rings (SSSR count). The first-order valence-electron chi connectivity index (χ1n) is 6.50. The van der Waals surface area contributed by atoms with Crippen LogP contribution in [0.1, 0.15) is 39.2 Å². The van der Waals surface area contributed by atoms with Gasteiger partial charge in [0.1, 0.15) is 0 Å². The van der Waals surface area contributed by atoms with Gasteiger partial charge in [0, 0.05) is 6.54 Å². The summed E-state index contributed by atoms with van der Waals surface area (Å²) >= 11 is 0. The number of hydrogen-bond acceptors (Lipinski definition) is 4. The number of aryl methyl sites for hydroxylation is 1. The molecule has 0 aliphatic heterocycles. The molecular weight excluding hydrogens is 262 g/mol. The lowest BCUT2D eigenvalue weighted by molar-refractivity contribution is 0.150. The van der Waals surface area contributed by atoms with Gasteiger partial charge in [-0.2, -0.15) is 18.2 Å². The Morgan fingerprint density at radius 2 is 1.79 bits per heavy atom. The maximum Gasteiger partial charge on any atom is 0.312 e. The molecule has 0 bridgehead atoms. The number of nitrogens with one attached hydrogen (secondary N) is 1. The fourth-order valence-corrected chi connectivity index (χ4v) is 2.60. The number of hydroxylamine groups is 1. The highest BCUT2D eigenvalue weighted by Gasteiger charge is 2.20. The fourth-order valence-electron chi connectivity index (χ4n) is 1.82. The van der Waals surface area contributed by atoms with Crippen molar-refractivity contribution in [3.63, 3.8) is 0 Å². The van der Waals surface area contributed by atoms with Crippen LogP contribution in [0, 0.1) is 12.3 Å². The summed E-state index contributed by atoms with van der Waals surface area (Å²) in [5, 5.41) is 0. The van der Waals surface area contributed by atoms with E-state index in [-0.39, 0.29) is 10.3 Å². The van der Waals surface area contributed by atoms with Crippen LogP contribution in [0.25, 0.3) is 0 Å². The van der Waals surface area contributed by atoms with Crippen LogP contribution in [0.2, 0.25) is 0 Å². The Bertz CT molecular complexity index is 492. The van der Waals surface area contributed by atoms with E-state index >= 15 is 0 Å². The zero-order valence-electron chi connectivity index (χ0n) is 12.1. The van der Waals surface area contributed by atoms with Gasteiger partial charge in [-0.05, 0) is 30.9 Å². The maximum absolute atomic E-state index is 11.9. The predicted octanol–water partition coefficient (Wildman–Crippen LogP) is 3.03. The van der Waals surface area contributed by atoms with Gasteiger partial charge >= 0.3 is 10.1 Å². The molecule has 1 aromatic carbocycles. The zero-order chi connectivity index (χ0) is 14.5. The Balaban J connectivity index is 2.59. The largest absolute Gasteiger partial charge is 0.312 e. The summed E-state index contributed by atoms with van der Waals surface area (Å²) in [4.78, 5) is 0.166. The molecule has 0 aliphatic rings. The molecule has 0 aromatic heterocycles. The molecule has 5 heteroatoms. The third-order valence-electron chi connectivity index (χ3n) is 2.96. The van der Waals surface area contributed by atoms with Gasteiger partial charge < -0.3 is 0 Å². The van der Waals surface area contributed by atoms with E-state index in [4.69, 9.17) is 4.28 Å². The van der Waals surface area contributed by atoms with Gasteiger partial charge in [-0.3, -0.25) is 0 Å². The Kier molecular flexibility index (Phi) is 5.52. The lowest BCUT2D eigenvalue weighted by Crippen LogP contribution is -2.31. The molecule has 0 saturated carbocycles. The highest BCUT2D eigenvalue weighted by Crippen LogP contribution is 2.21. The van der Waals surface area contributed by atoms with Gasteiger partial charge in [0.05, 0.1) is 4.90 Å². The lowest BCUT2D eigenvalue weighted by atomic mass is 9.88. The van der Waals surface area contributed by atoms with Crippen molar-refractivity contribution in [3.05, 3.63) is 29.8 Å². The Morgan fingerprint density at radius 1 is 1.21 bits per heavy atom. The standard InChI is InChI=1S/C14H23NO3S/c1-5-10-14(3,4)11-15-18-19(16,17)13-8-6-12(2)7-9-13/h6-9,15H,5,10-11H2,1-4H3. The van der Waals surface area contributed by atoms with Gasteiger partial charge in [0.15, 0.2) is 0 Å². The molecular formula is C14H23NO3S. The van der Waals surface area contributed by atoms with E-state index in [0.717, 1.165) is 18.4 Å². The Hall–Kier alpha value is -0.910. The fraction of sp³-hybridized carbons (Fsp3) is 0.571. The predicted molar refractivity (Wildman–Crippen MR) is 76.1 cm³/mol. The normalized spacial score (nSPS) is 12.6. The second-order valence-electron chi connectivity index (χ2n) is 5.59. The van der Waals surface area contributed by atoms with Crippen molar-refractivity contribution in [2.45, 2.75) is 45.4 Å². The van der Waals surface area contributed by atoms with Gasteiger partial charge in [0.25, 0.3) is 0 Å². The molecule has 0 saturated heterocycles. The molecule has 19 heavy (non-hydrogen) atoms. The lowest BCUT2D eigenvalue weighted by Gasteiger charge is -2.23. The summed E-state index contributed by atoms with van der Waals surface area (Å²) < 4.78 is 28.7. The van der Waals surface area contributed by atoms with E-state index in [0.29, 0.717) is 6.54 Å². The molecule has 0 heterocycles. The molecule has 0 aliphatic carbocycles. The van der Waals surface area contributed by atoms with E-state index in [1.165, 1.54) is 0 Å². The van der Waals surface area contributed by atoms with Crippen LogP contribution in [0.5, 0.6) is 0 Å². The first-order chi connectivity index (χ1) is 8.77. The molecule has 1 aromatic rings. The van der Waals surface area contributed by atoms with Crippen molar-refractivity contribution >= 4 is 10.1 Å². The average molecular weight is 285 g/mol. The minimum Gasteiger partial charge on any atom is -0.192 e. The molecule has 0 spiro atoms. The number of rotatable bonds is 7. The average Bonchev–Trinajstić information content (AvgIpc) is 2.28. The van der Waals surface area contributed by atoms with Crippen molar-refractivity contribution in [3.8, 4) is 0 Å². The summed E-state index contributed by atoms with van der Waals surface area (Å²) in [6, 6.07) is 6.58. The minimum absolute atomic E-state index is 0.0115. The second-order valence-corrected chi connectivity index (χ2v) is 7.13. The Morgan fingerprint density at radius 3 is 2.32 bits per heavy atom. The topological polar surface area (TPSA) is 55.4 Å². The second kappa shape index (κ2) is 6.50. The van der Waals surface area contributed by atoms with Crippen molar-refractivity contribution < 1.29 is 12.7 Å². The van der Waals surface area contributed by atoms with Crippen molar-refractivity contribution in [2.24, 2.45) is 5.41 Å². The summed E-state index contributed by atoms with van der Waals surface area (Å²) in [7, 11) is -3.73. The molecule has 4 nitrogen and oxygen atoms in total. The van der Waals surface area contributed by atoms with E-state index in [1.807, 2.05) is 6.92 Å². The zero-order valence-corrected chi connectivity index (χ0v) is 12.9. The summed E-state index contributed by atoms with van der Waals surface area (Å²) in [6.07, 6.45) is 2.06. The van der Waals surface area contributed by atoms with E-state index in [1.54, 1.807) is 24.3 Å².